The lowest BCUT2D eigenvalue weighted by Gasteiger charge is -2.54. The van der Waals surface area contributed by atoms with Crippen LogP contribution in [0.1, 0.15) is 84.1 Å². The van der Waals surface area contributed by atoms with E-state index in [4.69, 9.17) is 0 Å². The van der Waals surface area contributed by atoms with Gasteiger partial charge in [-0.3, -0.25) is 0 Å². The predicted octanol–water partition coefficient (Wildman–Crippen LogP) is 6.50. The molecular weight excluding hydrogens is 468 g/mol. The van der Waals surface area contributed by atoms with Crippen LogP contribution in [0.15, 0.2) is 34.9 Å². The van der Waals surface area contributed by atoms with Gasteiger partial charge < -0.3 is 15.1 Å². The quantitative estimate of drug-likeness (QED) is 0.447. The Hall–Kier alpha value is -2.16. The first-order valence-corrected chi connectivity index (χ1v) is 13.8. The van der Waals surface area contributed by atoms with Crippen molar-refractivity contribution in [3.8, 4) is 11.8 Å². The molecule has 1 aromatic rings. The van der Waals surface area contributed by atoms with Gasteiger partial charge in [0, 0.05) is 30.8 Å². The van der Waals surface area contributed by atoms with Crippen LogP contribution in [0.5, 0.6) is 0 Å². The molecule has 0 amide bonds. The number of aliphatic hydroxyl groups excluding tert-OH is 1. The molecule has 37 heavy (non-hydrogen) atoms. The summed E-state index contributed by atoms with van der Waals surface area (Å²) in [5.74, 6) is 5.04. The fraction of sp³-hybridized carbons (Fsp3) is 0.625. The molecule has 0 saturated heterocycles. The summed E-state index contributed by atoms with van der Waals surface area (Å²) in [6.45, 7) is 8.26. The average Bonchev–Trinajstić information content (AvgIpc) is 3.08. The molecule has 0 aromatic heterocycles. The fourth-order valence-electron chi connectivity index (χ4n) is 7.73. The molecule has 5 rings (SSSR count). The Morgan fingerprint density at radius 1 is 1.05 bits per heavy atom. The molecule has 5 heteroatoms. The van der Waals surface area contributed by atoms with E-state index in [9.17, 15) is 10.2 Å². The summed E-state index contributed by atoms with van der Waals surface area (Å²) < 4.78 is 31.1. The predicted molar refractivity (Wildman–Crippen MR) is 144 cm³/mol. The standard InChI is InChI=1S/C32H41F2NO2/c1-30(2,3)15-16-32(37)14-13-25-23-9-7-19-17-20(36)8-10-21(19)27(23)24(18-31(25,32)4)22-11-12-26(35(5)6)29(34)28(22)33/h11-12,17,20,23-25,36-37H,7-10,13-14,18H2,1-6H3/t20?,23-,24+,25-,31-,32+/m0/s1. The van der Waals surface area contributed by atoms with Crippen molar-refractivity contribution < 1.29 is 19.0 Å². The highest BCUT2D eigenvalue weighted by atomic mass is 19.2. The van der Waals surface area contributed by atoms with Gasteiger partial charge in [-0.05, 0) is 100 Å². The first-order chi connectivity index (χ1) is 17.3. The van der Waals surface area contributed by atoms with Crippen LogP contribution >= 0.6 is 0 Å². The third kappa shape index (κ3) is 4.25. The summed E-state index contributed by atoms with van der Waals surface area (Å²) in [5, 5.41) is 22.4. The molecule has 200 valence electrons. The maximum Gasteiger partial charge on any atom is 0.182 e. The van der Waals surface area contributed by atoms with Gasteiger partial charge in [0.25, 0.3) is 0 Å². The van der Waals surface area contributed by atoms with Gasteiger partial charge in [0.05, 0.1) is 11.8 Å². The second-order valence-electron chi connectivity index (χ2n) is 13.3. The summed E-state index contributed by atoms with van der Waals surface area (Å²) in [4.78, 5) is 1.59. The molecule has 4 aliphatic rings. The van der Waals surface area contributed by atoms with Gasteiger partial charge in [-0.1, -0.05) is 36.5 Å². The monoisotopic (exact) mass is 509 g/mol. The zero-order valence-corrected chi connectivity index (χ0v) is 23.1. The molecule has 0 spiro atoms. The van der Waals surface area contributed by atoms with Crippen LogP contribution in [0.4, 0.5) is 14.5 Å². The van der Waals surface area contributed by atoms with Crippen LogP contribution in [-0.4, -0.2) is 36.0 Å². The van der Waals surface area contributed by atoms with Crippen LogP contribution in [0.2, 0.25) is 0 Å². The maximum atomic E-state index is 15.8. The Morgan fingerprint density at radius 3 is 2.46 bits per heavy atom. The third-order valence-electron chi connectivity index (χ3n) is 9.61. The summed E-state index contributed by atoms with van der Waals surface area (Å²) in [6, 6.07) is 3.42. The van der Waals surface area contributed by atoms with Crippen LogP contribution < -0.4 is 4.90 Å². The lowest BCUT2D eigenvalue weighted by molar-refractivity contribution is -0.0518. The Morgan fingerprint density at radius 2 is 1.78 bits per heavy atom. The van der Waals surface area contributed by atoms with Gasteiger partial charge in [0.15, 0.2) is 11.6 Å². The van der Waals surface area contributed by atoms with E-state index in [0.717, 1.165) is 25.7 Å². The number of halogens is 2. The minimum Gasteiger partial charge on any atom is -0.389 e. The number of fused-ring (bicyclic) bond motifs is 4. The Kier molecular flexibility index (Phi) is 6.40. The van der Waals surface area contributed by atoms with Crippen LogP contribution in [0.3, 0.4) is 0 Å². The molecule has 1 unspecified atom stereocenters. The number of rotatable bonds is 2. The normalized spacial score (nSPS) is 35.1. The van der Waals surface area contributed by atoms with Gasteiger partial charge in [-0.25, -0.2) is 8.78 Å². The van der Waals surface area contributed by atoms with Crippen molar-refractivity contribution in [1.29, 1.82) is 0 Å². The maximum absolute atomic E-state index is 15.8. The van der Waals surface area contributed by atoms with Crippen molar-refractivity contribution in [3.63, 3.8) is 0 Å². The molecule has 2 N–H and O–H groups in total. The lowest BCUT2D eigenvalue weighted by atomic mass is 9.51. The van der Waals surface area contributed by atoms with E-state index in [1.54, 1.807) is 31.1 Å². The Bertz CT molecular complexity index is 1230. The van der Waals surface area contributed by atoms with E-state index < -0.39 is 28.8 Å². The number of allylic oxidation sites excluding steroid dienone is 3. The van der Waals surface area contributed by atoms with E-state index in [1.807, 2.05) is 26.8 Å². The summed E-state index contributed by atoms with van der Waals surface area (Å²) in [6.07, 6.45) is 6.71. The van der Waals surface area contributed by atoms with Crippen LogP contribution in [-0.2, 0) is 0 Å². The molecular formula is C32H41F2NO2. The number of benzene rings is 1. The minimum atomic E-state index is -1.17. The number of aliphatic hydroxyl groups is 2. The van der Waals surface area contributed by atoms with Crippen molar-refractivity contribution in [2.75, 3.05) is 19.0 Å². The molecule has 2 saturated carbocycles. The average molecular weight is 510 g/mol. The molecule has 1 aromatic carbocycles. The minimum absolute atomic E-state index is 0.188. The fourth-order valence-corrected chi connectivity index (χ4v) is 7.73. The SMILES string of the molecule is CN(C)c1ccc([C@H]2C[C@@]3(C)[C@@H](CC[C@@]3(O)C#CC(C)(C)C)[C@@H]3CCC4=CC(O)CCC4=C32)c(F)c1F. The highest BCUT2D eigenvalue weighted by molar-refractivity contribution is 5.54. The molecule has 0 heterocycles. The zero-order valence-electron chi connectivity index (χ0n) is 23.1. The van der Waals surface area contributed by atoms with Gasteiger partial charge in [-0.2, -0.15) is 0 Å². The molecule has 4 aliphatic carbocycles. The third-order valence-corrected chi connectivity index (χ3v) is 9.61. The zero-order chi connectivity index (χ0) is 26.9. The van der Waals surface area contributed by atoms with Crippen LogP contribution in [0.25, 0.3) is 0 Å². The van der Waals surface area contributed by atoms with Gasteiger partial charge in [0.2, 0.25) is 0 Å². The van der Waals surface area contributed by atoms with Gasteiger partial charge in [-0.15, -0.1) is 0 Å². The smallest absolute Gasteiger partial charge is 0.182 e. The Balaban J connectivity index is 1.70. The molecule has 6 atom stereocenters. The number of hydrogen-bond acceptors (Lipinski definition) is 3. The van der Waals surface area contributed by atoms with Crippen molar-refractivity contribution in [3.05, 3.63) is 52.1 Å². The molecule has 2 fully saturated rings. The van der Waals surface area contributed by atoms with Crippen molar-refractivity contribution in [2.45, 2.75) is 90.3 Å². The lowest BCUT2D eigenvalue weighted by Crippen LogP contribution is -2.51. The van der Waals surface area contributed by atoms with E-state index >= 15 is 8.78 Å². The number of anilines is 1. The number of nitrogens with zero attached hydrogens (tertiary/aromatic N) is 1. The second kappa shape index (κ2) is 8.95. The van der Waals surface area contributed by atoms with Gasteiger partial charge >= 0.3 is 0 Å². The van der Waals surface area contributed by atoms with E-state index in [2.05, 4.69) is 18.8 Å². The molecule has 0 aliphatic heterocycles. The van der Waals surface area contributed by atoms with Crippen molar-refractivity contribution in [2.24, 2.45) is 22.7 Å². The topological polar surface area (TPSA) is 43.7 Å². The van der Waals surface area contributed by atoms with Gasteiger partial charge in [0.1, 0.15) is 5.60 Å². The summed E-state index contributed by atoms with van der Waals surface area (Å²) in [7, 11) is 3.42. The highest BCUT2D eigenvalue weighted by Crippen LogP contribution is 2.67. The van der Waals surface area contributed by atoms with Crippen molar-refractivity contribution >= 4 is 5.69 Å². The van der Waals surface area contributed by atoms with Crippen molar-refractivity contribution in [1.82, 2.24) is 0 Å². The van der Waals surface area contributed by atoms with Crippen LogP contribution in [0, 0.1) is 46.1 Å². The van der Waals surface area contributed by atoms with E-state index in [-0.39, 0.29) is 28.9 Å². The molecule has 0 bridgehead atoms. The van der Waals surface area contributed by atoms with E-state index in [1.165, 1.54) is 16.7 Å². The first-order valence-electron chi connectivity index (χ1n) is 13.8. The first kappa shape index (κ1) is 26.4. The highest BCUT2D eigenvalue weighted by Gasteiger charge is 2.63. The molecule has 0 radical (unpaired) electrons. The second-order valence-corrected chi connectivity index (χ2v) is 13.3. The Labute approximate surface area is 220 Å². The largest absolute Gasteiger partial charge is 0.389 e. The summed E-state index contributed by atoms with van der Waals surface area (Å²) in [5.41, 5.74) is 2.28. The number of hydrogen-bond donors (Lipinski definition) is 2. The van der Waals surface area contributed by atoms with E-state index in [0.29, 0.717) is 24.8 Å². The summed E-state index contributed by atoms with van der Waals surface area (Å²) >= 11 is 0. The molecule has 3 nitrogen and oxygen atoms in total.